The molecule has 0 aliphatic carbocycles. The molecular formula is C20H16N4O2. The minimum atomic E-state index is -0.533. The average Bonchev–Trinajstić information content (AvgIpc) is 2.67. The molecule has 0 aliphatic heterocycles. The zero-order chi connectivity index (χ0) is 18.4. The standard InChI is InChI=1S/C20H16N4O2/c1-2-26-19-10-6-5-9-18(19)24-20(25)14(12-21)11-15-13-22-16-7-3-4-8-17(16)23-15/h3-11,13H,2H2,1H3,(H,24,25)/b14-11+. The second-order valence-corrected chi connectivity index (χ2v) is 5.34. The molecule has 6 nitrogen and oxygen atoms in total. The topological polar surface area (TPSA) is 87.9 Å². The van der Waals surface area contributed by atoms with E-state index in [-0.39, 0.29) is 5.57 Å². The monoisotopic (exact) mass is 344 g/mol. The Kier molecular flexibility index (Phi) is 5.20. The van der Waals surface area contributed by atoms with Crippen LogP contribution in [-0.4, -0.2) is 22.5 Å². The largest absolute Gasteiger partial charge is 0.492 e. The lowest BCUT2D eigenvalue weighted by molar-refractivity contribution is -0.112. The Hall–Kier alpha value is -3.72. The summed E-state index contributed by atoms with van der Waals surface area (Å²) >= 11 is 0. The molecule has 0 atom stereocenters. The molecule has 0 fully saturated rings. The van der Waals surface area contributed by atoms with Crippen molar-refractivity contribution in [2.75, 3.05) is 11.9 Å². The molecular weight excluding hydrogens is 328 g/mol. The predicted octanol–water partition coefficient (Wildman–Crippen LogP) is 3.57. The molecule has 1 heterocycles. The lowest BCUT2D eigenvalue weighted by Gasteiger charge is -2.10. The highest BCUT2D eigenvalue weighted by atomic mass is 16.5. The van der Waals surface area contributed by atoms with Crippen LogP contribution in [0.4, 0.5) is 5.69 Å². The molecule has 2 aromatic carbocycles. The quantitative estimate of drug-likeness (QED) is 0.564. The van der Waals surface area contributed by atoms with Crippen molar-refractivity contribution >= 4 is 28.7 Å². The third-order valence-electron chi connectivity index (χ3n) is 3.56. The fraction of sp³-hybridized carbons (Fsp3) is 0.100. The van der Waals surface area contributed by atoms with Crippen molar-refractivity contribution in [1.82, 2.24) is 9.97 Å². The third kappa shape index (κ3) is 3.84. The van der Waals surface area contributed by atoms with E-state index in [0.29, 0.717) is 29.3 Å². The Bertz CT molecular complexity index is 1020. The van der Waals surface area contributed by atoms with Gasteiger partial charge in [-0.15, -0.1) is 0 Å². The van der Waals surface area contributed by atoms with Crippen LogP contribution in [-0.2, 0) is 4.79 Å². The first-order chi connectivity index (χ1) is 12.7. The van der Waals surface area contributed by atoms with E-state index in [1.807, 2.05) is 43.3 Å². The highest BCUT2D eigenvalue weighted by molar-refractivity contribution is 6.10. The summed E-state index contributed by atoms with van der Waals surface area (Å²) in [5, 5.41) is 12.1. The molecule has 3 aromatic rings. The van der Waals surface area contributed by atoms with Crippen LogP contribution in [0.15, 0.2) is 60.3 Å². The highest BCUT2D eigenvalue weighted by Gasteiger charge is 2.13. The van der Waals surface area contributed by atoms with Crippen LogP contribution in [0.5, 0.6) is 5.75 Å². The Labute approximate surface area is 150 Å². The number of nitrogens with one attached hydrogen (secondary N) is 1. The van der Waals surface area contributed by atoms with Gasteiger partial charge >= 0.3 is 0 Å². The van der Waals surface area contributed by atoms with Gasteiger partial charge < -0.3 is 10.1 Å². The summed E-state index contributed by atoms with van der Waals surface area (Å²) in [4.78, 5) is 21.1. The number of amides is 1. The number of fused-ring (bicyclic) bond motifs is 1. The van der Waals surface area contributed by atoms with E-state index in [1.54, 1.807) is 18.2 Å². The van der Waals surface area contributed by atoms with Crippen LogP contribution in [0.2, 0.25) is 0 Å². The number of nitrogens with zero attached hydrogens (tertiary/aromatic N) is 3. The van der Waals surface area contributed by atoms with Gasteiger partial charge in [0, 0.05) is 0 Å². The number of rotatable bonds is 5. The number of benzene rings is 2. The molecule has 6 heteroatoms. The van der Waals surface area contributed by atoms with Gasteiger partial charge in [-0.05, 0) is 37.3 Å². The molecule has 0 spiro atoms. The Balaban J connectivity index is 1.86. The van der Waals surface area contributed by atoms with E-state index in [2.05, 4.69) is 15.3 Å². The van der Waals surface area contributed by atoms with Crippen LogP contribution in [0.3, 0.4) is 0 Å². The lowest BCUT2D eigenvalue weighted by Crippen LogP contribution is -2.14. The average molecular weight is 344 g/mol. The fourth-order valence-electron chi connectivity index (χ4n) is 2.38. The molecule has 0 radical (unpaired) electrons. The highest BCUT2D eigenvalue weighted by Crippen LogP contribution is 2.24. The molecule has 1 amide bonds. The number of carbonyl (C=O) groups excluding carboxylic acids is 1. The smallest absolute Gasteiger partial charge is 0.266 e. The van der Waals surface area contributed by atoms with Gasteiger partial charge in [-0.25, -0.2) is 4.98 Å². The molecule has 3 rings (SSSR count). The number of aromatic nitrogens is 2. The first kappa shape index (κ1) is 17.1. The van der Waals surface area contributed by atoms with Crippen molar-refractivity contribution in [2.45, 2.75) is 6.92 Å². The van der Waals surface area contributed by atoms with Gasteiger partial charge in [0.25, 0.3) is 5.91 Å². The van der Waals surface area contributed by atoms with Crippen LogP contribution in [0.1, 0.15) is 12.6 Å². The molecule has 0 aliphatic rings. The van der Waals surface area contributed by atoms with Gasteiger partial charge in [-0.2, -0.15) is 5.26 Å². The summed E-state index contributed by atoms with van der Waals surface area (Å²) in [6.45, 7) is 2.33. The number of ether oxygens (including phenoxy) is 1. The molecule has 128 valence electrons. The molecule has 0 saturated heterocycles. The number of nitriles is 1. The first-order valence-corrected chi connectivity index (χ1v) is 8.08. The van der Waals surface area contributed by atoms with Crippen molar-refractivity contribution in [1.29, 1.82) is 5.26 Å². The zero-order valence-electron chi connectivity index (χ0n) is 14.1. The summed E-state index contributed by atoms with van der Waals surface area (Å²) in [6.07, 6.45) is 2.94. The van der Waals surface area contributed by atoms with Crippen LogP contribution in [0.25, 0.3) is 17.1 Å². The summed E-state index contributed by atoms with van der Waals surface area (Å²) in [7, 11) is 0. The number of para-hydroxylation sites is 4. The second-order valence-electron chi connectivity index (χ2n) is 5.34. The second kappa shape index (κ2) is 7.90. The molecule has 26 heavy (non-hydrogen) atoms. The predicted molar refractivity (Wildman–Crippen MR) is 99.4 cm³/mol. The van der Waals surface area contributed by atoms with Gasteiger partial charge in [0.15, 0.2) is 0 Å². The fourth-order valence-corrected chi connectivity index (χ4v) is 2.38. The normalized spacial score (nSPS) is 11.0. The minimum Gasteiger partial charge on any atom is -0.492 e. The Morgan fingerprint density at radius 3 is 2.69 bits per heavy atom. The molecule has 1 aromatic heterocycles. The first-order valence-electron chi connectivity index (χ1n) is 8.08. The summed E-state index contributed by atoms with van der Waals surface area (Å²) in [5.74, 6) is 0.0146. The van der Waals surface area contributed by atoms with Gasteiger partial charge in [-0.3, -0.25) is 9.78 Å². The van der Waals surface area contributed by atoms with E-state index in [0.717, 1.165) is 5.52 Å². The maximum absolute atomic E-state index is 12.5. The third-order valence-corrected chi connectivity index (χ3v) is 3.56. The maximum atomic E-state index is 12.5. The van der Waals surface area contributed by atoms with Gasteiger partial charge in [-0.1, -0.05) is 24.3 Å². The molecule has 0 saturated carbocycles. The van der Waals surface area contributed by atoms with E-state index >= 15 is 0 Å². The van der Waals surface area contributed by atoms with Gasteiger partial charge in [0.1, 0.15) is 17.4 Å². The lowest BCUT2D eigenvalue weighted by atomic mass is 10.2. The van der Waals surface area contributed by atoms with Crippen LogP contribution >= 0.6 is 0 Å². The van der Waals surface area contributed by atoms with Crippen LogP contribution in [0, 0.1) is 11.3 Å². The number of anilines is 1. The number of hydrogen-bond donors (Lipinski definition) is 1. The van der Waals surface area contributed by atoms with Crippen LogP contribution < -0.4 is 10.1 Å². The summed E-state index contributed by atoms with van der Waals surface area (Å²) in [5.41, 5.74) is 2.32. The van der Waals surface area contributed by atoms with Crippen molar-refractivity contribution < 1.29 is 9.53 Å². The molecule has 1 N–H and O–H groups in total. The van der Waals surface area contributed by atoms with Gasteiger partial charge in [0.2, 0.25) is 0 Å². The van der Waals surface area contributed by atoms with Crippen molar-refractivity contribution in [3.63, 3.8) is 0 Å². The number of hydrogen-bond acceptors (Lipinski definition) is 5. The molecule has 0 unspecified atom stereocenters. The van der Waals surface area contributed by atoms with Crippen molar-refractivity contribution in [2.24, 2.45) is 0 Å². The number of carbonyl (C=O) groups is 1. The van der Waals surface area contributed by atoms with Crippen molar-refractivity contribution in [3.8, 4) is 11.8 Å². The van der Waals surface area contributed by atoms with E-state index < -0.39 is 5.91 Å². The summed E-state index contributed by atoms with van der Waals surface area (Å²) < 4.78 is 5.48. The summed E-state index contributed by atoms with van der Waals surface area (Å²) in [6, 6.07) is 16.4. The minimum absolute atomic E-state index is 0.0686. The van der Waals surface area contributed by atoms with E-state index in [9.17, 15) is 10.1 Å². The van der Waals surface area contributed by atoms with E-state index in [4.69, 9.17) is 4.74 Å². The Morgan fingerprint density at radius 1 is 1.19 bits per heavy atom. The van der Waals surface area contributed by atoms with Crippen molar-refractivity contribution in [3.05, 3.63) is 66.0 Å². The van der Waals surface area contributed by atoms with E-state index in [1.165, 1.54) is 12.3 Å². The zero-order valence-corrected chi connectivity index (χ0v) is 14.1. The maximum Gasteiger partial charge on any atom is 0.266 e. The SMILES string of the molecule is CCOc1ccccc1NC(=O)/C(C#N)=C/c1cnc2ccccc2n1. The molecule has 0 bridgehead atoms. The Morgan fingerprint density at radius 2 is 1.92 bits per heavy atom. The van der Waals surface area contributed by atoms with Gasteiger partial charge in [0.05, 0.1) is 35.2 Å².